The number of hydrogen-bond acceptors (Lipinski definition) is 3. The molecule has 0 bridgehead atoms. The predicted octanol–water partition coefficient (Wildman–Crippen LogP) is 0.532. The van der Waals surface area contributed by atoms with E-state index in [0.717, 1.165) is 12.1 Å². The van der Waals surface area contributed by atoms with E-state index in [4.69, 9.17) is 0 Å². The van der Waals surface area contributed by atoms with E-state index in [1.54, 1.807) is 12.4 Å². The molecule has 1 aromatic heterocycles. The first-order chi connectivity index (χ1) is 6.83. The van der Waals surface area contributed by atoms with Crippen molar-refractivity contribution >= 4 is 5.91 Å². The van der Waals surface area contributed by atoms with E-state index in [1.807, 2.05) is 24.0 Å². The van der Waals surface area contributed by atoms with Crippen LogP contribution in [0.3, 0.4) is 0 Å². The molecule has 14 heavy (non-hydrogen) atoms. The first-order valence-corrected chi connectivity index (χ1v) is 4.75. The zero-order valence-corrected chi connectivity index (χ0v) is 8.10. The molecule has 1 fully saturated rings. The van der Waals surface area contributed by atoms with Gasteiger partial charge in [-0.2, -0.15) is 0 Å². The number of carbonyl (C=O) groups is 1. The van der Waals surface area contributed by atoms with Crippen LogP contribution in [0.5, 0.6) is 0 Å². The van der Waals surface area contributed by atoms with Crippen molar-refractivity contribution in [2.24, 2.45) is 0 Å². The van der Waals surface area contributed by atoms with Gasteiger partial charge >= 0.3 is 0 Å². The zero-order chi connectivity index (χ0) is 9.97. The molecule has 1 aliphatic rings. The van der Waals surface area contributed by atoms with Gasteiger partial charge in [-0.05, 0) is 13.0 Å². The van der Waals surface area contributed by atoms with Crippen molar-refractivity contribution in [1.29, 1.82) is 0 Å². The first-order valence-electron chi connectivity index (χ1n) is 4.75. The number of hydrogen-bond donors (Lipinski definition) is 1. The molecule has 0 saturated carbocycles. The largest absolute Gasteiger partial charge is 0.322 e. The first kappa shape index (κ1) is 9.15. The third kappa shape index (κ3) is 1.48. The summed E-state index contributed by atoms with van der Waals surface area (Å²) in [5, 5.41) is 3.16. The minimum absolute atomic E-state index is 0.00111. The fraction of sp³-hybridized carbons (Fsp3) is 0.400. The Labute approximate surface area is 82.9 Å². The molecular weight excluding hydrogens is 178 g/mol. The quantitative estimate of drug-likeness (QED) is 0.741. The van der Waals surface area contributed by atoms with Crippen molar-refractivity contribution in [2.75, 3.05) is 13.1 Å². The lowest BCUT2D eigenvalue weighted by Crippen LogP contribution is -2.29. The van der Waals surface area contributed by atoms with Gasteiger partial charge in [0.1, 0.15) is 6.17 Å². The van der Waals surface area contributed by atoms with Crippen LogP contribution in [0.2, 0.25) is 0 Å². The van der Waals surface area contributed by atoms with Crippen LogP contribution < -0.4 is 5.32 Å². The number of rotatable bonds is 2. The lowest BCUT2D eigenvalue weighted by Gasteiger charge is -2.22. The molecule has 1 aromatic rings. The highest BCUT2D eigenvalue weighted by molar-refractivity contribution is 5.80. The Morgan fingerprint density at radius 3 is 3.21 bits per heavy atom. The van der Waals surface area contributed by atoms with Gasteiger partial charge in [-0.3, -0.25) is 15.1 Å². The molecule has 0 aromatic carbocycles. The van der Waals surface area contributed by atoms with E-state index >= 15 is 0 Å². The highest BCUT2D eigenvalue weighted by Gasteiger charge is 2.29. The summed E-state index contributed by atoms with van der Waals surface area (Å²) in [7, 11) is 0. The van der Waals surface area contributed by atoms with E-state index in [1.165, 1.54) is 0 Å². The fourth-order valence-corrected chi connectivity index (χ4v) is 1.73. The Kier molecular flexibility index (Phi) is 2.45. The van der Waals surface area contributed by atoms with Gasteiger partial charge in [0.05, 0.1) is 6.54 Å². The maximum absolute atomic E-state index is 11.4. The number of nitrogens with one attached hydrogen (secondary N) is 1. The molecule has 0 radical (unpaired) electrons. The van der Waals surface area contributed by atoms with Crippen LogP contribution in [0.4, 0.5) is 0 Å². The smallest absolute Gasteiger partial charge is 0.238 e. The summed E-state index contributed by atoms with van der Waals surface area (Å²) in [6.45, 7) is 3.13. The second-order valence-corrected chi connectivity index (χ2v) is 3.25. The summed E-state index contributed by atoms with van der Waals surface area (Å²) >= 11 is 0. The Balaban J connectivity index is 2.23. The normalized spacial score (nSPS) is 21.6. The number of pyridine rings is 1. The van der Waals surface area contributed by atoms with E-state index in [9.17, 15) is 4.79 Å². The molecule has 0 aliphatic carbocycles. The molecule has 4 nitrogen and oxygen atoms in total. The number of carbonyl (C=O) groups excluding carboxylic acids is 1. The lowest BCUT2D eigenvalue weighted by atomic mass is 10.2. The second kappa shape index (κ2) is 3.75. The van der Waals surface area contributed by atoms with Crippen LogP contribution in [0, 0.1) is 0 Å². The standard InChI is InChI=1S/C10H13N3O/c1-2-13-9(14)7-12-10(13)8-4-3-5-11-6-8/h3-6,10,12H,2,7H2,1H3. The number of amides is 1. The SMILES string of the molecule is CCN1C(=O)CNC1c1cccnc1. The minimum Gasteiger partial charge on any atom is -0.322 e. The van der Waals surface area contributed by atoms with Crippen molar-refractivity contribution in [3.8, 4) is 0 Å². The van der Waals surface area contributed by atoms with Gasteiger partial charge in [0.25, 0.3) is 0 Å². The van der Waals surface area contributed by atoms with Crippen LogP contribution in [-0.4, -0.2) is 28.9 Å². The predicted molar refractivity (Wildman–Crippen MR) is 52.4 cm³/mol. The van der Waals surface area contributed by atoms with Crippen molar-refractivity contribution in [3.05, 3.63) is 30.1 Å². The van der Waals surface area contributed by atoms with E-state index < -0.39 is 0 Å². The lowest BCUT2D eigenvalue weighted by molar-refractivity contribution is -0.127. The fourth-order valence-electron chi connectivity index (χ4n) is 1.73. The summed E-state index contributed by atoms with van der Waals surface area (Å²) in [5.74, 6) is 0.154. The Bertz CT molecular complexity index is 325. The molecule has 1 saturated heterocycles. The number of aromatic nitrogens is 1. The van der Waals surface area contributed by atoms with Crippen LogP contribution >= 0.6 is 0 Å². The highest BCUT2D eigenvalue weighted by Crippen LogP contribution is 2.20. The molecular formula is C10H13N3O. The summed E-state index contributed by atoms with van der Waals surface area (Å²) in [6, 6.07) is 3.86. The van der Waals surface area contributed by atoms with Gasteiger partial charge in [0.2, 0.25) is 5.91 Å². The molecule has 0 spiro atoms. The zero-order valence-electron chi connectivity index (χ0n) is 8.10. The maximum atomic E-state index is 11.4. The van der Waals surface area contributed by atoms with Gasteiger partial charge in [-0.25, -0.2) is 0 Å². The van der Waals surface area contributed by atoms with E-state index in [2.05, 4.69) is 10.3 Å². The molecule has 4 heteroatoms. The van der Waals surface area contributed by atoms with Gasteiger partial charge in [-0.15, -0.1) is 0 Å². The summed E-state index contributed by atoms with van der Waals surface area (Å²) in [6.07, 6.45) is 3.52. The van der Waals surface area contributed by atoms with Gasteiger partial charge in [0.15, 0.2) is 0 Å². The van der Waals surface area contributed by atoms with E-state index in [-0.39, 0.29) is 12.1 Å². The van der Waals surface area contributed by atoms with Crippen LogP contribution in [0.15, 0.2) is 24.5 Å². The maximum Gasteiger partial charge on any atom is 0.238 e. The van der Waals surface area contributed by atoms with Crippen LogP contribution in [0.1, 0.15) is 18.7 Å². The third-order valence-corrected chi connectivity index (χ3v) is 2.42. The summed E-state index contributed by atoms with van der Waals surface area (Å²) in [5.41, 5.74) is 1.04. The monoisotopic (exact) mass is 191 g/mol. The van der Waals surface area contributed by atoms with Crippen LogP contribution in [0.25, 0.3) is 0 Å². The molecule has 1 N–H and O–H groups in total. The average molecular weight is 191 g/mol. The Morgan fingerprint density at radius 1 is 1.71 bits per heavy atom. The summed E-state index contributed by atoms with van der Waals surface area (Å²) in [4.78, 5) is 17.3. The Morgan fingerprint density at radius 2 is 2.57 bits per heavy atom. The van der Waals surface area contributed by atoms with Gasteiger partial charge in [0, 0.05) is 24.5 Å². The van der Waals surface area contributed by atoms with Crippen molar-refractivity contribution in [1.82, 2.24) is 15.2 Å². The molecule has 1 amide bonds. The van der Waals surface area contributed by atoms with Gasteiger partial charge < -0.3 is 4.90 Å². The number of nitrogens with zero attached hydrogens (tertiary/aromatic N) is 2. The molecule has 1 atom stereocenters. The summed E-state index contributed by atoms with van der Waals surface area (Å²) < 4.78 is 0. The van der Waals surface area contributed by atoms with E-state index in [0.29, 0.717) is 6.54 Å². The third-order valence-electron chi connectivity index (χ3n) is 2.42. The molecule has 2 heterocycles. The van der Waals surface area contributed by atoms with Crippen molar-refractivity contribution in [2.45, 2.75) is 13.1 Å². The molecule has 2 rings (SSSR count). The van der Waals surface area contributed by atoms with Crippen LogP contribution in [-0.2, 0) is 4.79 Å². The van der Waals surface area contributed by atoms with Crippen molar-refractivity contribution in [3.63, 3.8) is 0 Å². The number of likely N-dealkylation sites (N-methyl/N-ethyl adjacent to an activating group) is 1. The second-order valence-electron chi connectivity index (χ2n) is 3.25. The minimum atomic E-state index is 0.00111. The molecule has 74 valence electrons. The molecule has 1 unspecified atom stereocenters. The highest BCUT2D eigenvalue weighted by atomic mass is 16.2. The average Bonchev–Trinajstić information content (AvgIpc) is 2.61. The van der Waals surface area contributed by atoms with Gasteiger partial charge in [-0.1, -0.05) is 6.07 Å². The Hall–Kier alpha value is -1.42. The molecule has 1 aliphatic heterocycles. The topological polar surface area (TPSA) is 45.2 Å². The van der Waals surface area contributed by atoms with Crippen molar-refractivity contribution < 1.29 is 4.79 Å².